The van der Waals surface area contributed by atoms with E-state index in [9.17, 15) is 9.18 Å². The molecule has 0 radical (unpaired) electrons. The van der Waals surface area contributed by atoms with Crippen LogP contribution in [0.25, 0.3) is 21.5 Å². The molecule has 6 heteroatoms. The van der Waals surface area contributed by atoms with E-state index >= 15 is 0 Å². The summed E-state index contributed by atoms with van der Waals surface area (Å²) in [5, 5.41) is 8.41. The molecule has 0 unspecified atom stereocenters. The minimum absolute atomic E-state index is 0.0151. The van der Waals surface area contributed by atoms with Crippen molar-refractivity contribution in [2.75, 3.05) is 6.61 Å². The summed E-state index contributed by atoms with van der Waals surface area (Å²) < 4.78 is 18.7. The van der Waals surface area contributed by atoms with E-state index in [1.165, 1.54) is 12.1 Å². The van der Waals surface area contributed by atoms with E-state index in [0.717, 1.165) is 27.1 Å². The zero-order valence-corrected chi connectivity index (χ0v) is 16.0. The van der Waals surface area contributed by atoms with Crippen molar-refractivity contribution in [2.24, 2.45) is 5.10 Å². The number of halogens is 2. The Morgan fingerprint density at radius 1 is 0.931 bits per heavy atom. The van der Waals surface area contributed by atoms with Crippen LogP contribution in [0, 0.1) is 5.82 Å². The highest BCUT2D eigenvalue weighted by Gasteiger charge is 2.11. The van der Waals surface area contributed by atoms with Gasteiger partial charge in [0.05, 0.1) is 11.2 Å². The number of para-hydroxylation sites is 1. The van der Waals surface area contributed by atoms with E-state index in [-0.39, 0.29) is 12.4 Å². The summed E-state index contributed by atoms with van der Waals surface area (Å²) in [6.45, 7) is -0.347. The number of amides is 1. The number of nitrogens with one attached hydrogen (secondary N) is 1. The maximum atomic E-state index is 13.5. The predicted octanol–water partition coefficient (Wildman–Crippen LogP) is 5.31. The second-order valence-electron chi connectivity index (χ2n) is 6.33. The first-order chi connectivity index (χ1) is 14.1. The second kappa shape index (κ2) is 8.29. The normalized spacial score (nSPS) is 11.2. The van der Waals surface area contributed by atoms with Gasteiger partial charge in [-0.25, -0.2) is 9.82 Å². The van der Waals surface area contributed by atoms with Crippen LogP contribution in [0.3, 0.4) is 0 Å². The van der Waals surface area contributed by atoms with Crippen LogP contribution in [0.4, 0.5) is 4.39 Å². The minimum Gasteiger partial charge on any atom is -0.481 e. The van der Waals surface area contributed by atoms with Gasteiger partial charge in [0.1, 0.15) is 0 Å². The van der Waals surface area contributed by atoms with Crippen LogP contribution in [-0.2, 0) is 4.79 Å². The fourth-order valence-electron chi connectivity index (χ4n) is 3.15. The third-order valence-electron chi connectivity index (χ3n) is 4.49. The van der Waals surface area contributed by atoms with Crippen LogP contribution in [-0.4, -0.2) is 18.7 Å². The zero-order chi connectivity index (χ0) is 20.2. The predicted molar refractivity (Wildman–Crippen MR) is 114 cm³/mol. The first-order valence-electron chi connectivity index (χ1n) is 8.93. The Balaban J connectivity index is 1.57. The number of benzene rings is 4. The summed E-state index contributed by atoms with van der Waals surface area (Å²) >= 11 is 6.58. The highest BCUT2D eigenvalue weighted by molar-refractivity contribution is 6.42. The van der Waals surface area contributed by atoms with Crippen LogP contribution in [0.1, 0.15) is 5.56 Å². The van der Waals surface area contributed by atoms with Crippen molar-refractivity contribution in [3.05, 3.63) is 89.2 Å². The van der Waals surface area contributed by atoms with E-state index in [0.29, 0.717) is 5.02 Å². The van der Waals surface area contributed by atoms with Crippen molar-refractivity contribution in [2.45, 2.75) is 0 Å². The molecule has 29 heavy (non-hydrogen) atoms. The lowest BCUT2D eigenvalue weighted by atomic mass is 9.97. The van der Waals surface area contributed by atoms with Gasteiger partial charge in [-0.15, -0.1) is 0 Å². The molecule has 1 N–H and O–H groups in total. The summed E-state index contributed by atoms with van der Waals surface area (Å²) in [5.74, 6) is -1.00. The van der Waals surface area contributed by atoms with Gasteiger partial charge in [0, 0.05) is 16.3 Å². The molecule has 0 heterocycles. The molecular weight excluding hydrogens is 391 g/mol. The van der Waals surface area contributed by atoms with Crippen LogP contribution in [0.2, 0.25) is 5.02 Å². The lowest BCUT2D eigenvalue weighted by Crippen LogP contribution is -2.24. The third kappa shape index (κ3) is 3.91. The van der Waals surface area contributed by atoms with Crippen molar-refractivity contribution in [1.82, 2.24) is 5.43 Å². The molecular formula is C23H16ClFN2O2. The molecule has 4 rings (SSSR count). The first-order valence-corrected chi connectivity index (χ1v) is 9.31. The molecule has 0 aliphatic carbocycles. The molecule has 4 nitrogen and oxygen atoms in total. The molecule has 0 aliphatic heterocycles. The Labute approximate surface area is 171 Å². The van der Waals surface area contributed by atoms with Gasteiger partial charge < -0.3 is 4.74 Å². The summed E-state index contributed by atoms with van der Waals surface area (Å²) in [4.78, 5) is 12.0. The number of hydrogen-bond acceptors (Lipinski definition) is 3. The highest BCUT2D eigenvalue weighted by Crippen LogP contribution is 2.35. The maximum Gasteiger partial charge on any atom is 0.277 e. The monoisotopic (exact) mass is 406 g/mol. The molecule has 1 amide bonds. The Kier molecular flexibility index (Phi) is 5.40. The van der Waals surface area contributed by atoms with Crippen molar-refractivity contribution >= 4 is 45.3 Å². The van der Waals surface area contributed by atoms with Gasteiger partial charge >= 0.3 is 0 Å². The first kappa shape index (κ1) is 18.9. The molecule has 4 aromatic carbocycles. The van der Waals surface area contributed by atoms with Crippen LogP contribution in [0.5, 0.6) is 5.75 Å². The Hall–Kier alpha value is -3.44. The van der Waals surface area contributed by atoms with Crippen molar-refractivity contribution in [1.29, 1.82) is 0 Å². The van der Waals surface area contributed by atoms with Crippen molar-refractivity contribution in [3.8, 4) is 5.75 Å². The second-order valence-corrected chi connectivity index (χ2v) is 6.71. The van der Waals surface area contributed by atoms with E-state index in [1.54, 1.807) is 18.3 Å². The molecule has 0 saturated heterocycles. The van der Waals surface area contributed by atoms with Crippen molar-refractivity contribution in [3.63, 3.8) is 0 Å². The number of ether oxygens (including phenoxy) is 1. The van der Waals surface area contributed by atoms with E-state index < -0.39 is 11.7 Å². The summed E-state index contributed by atoms with van der Waals surface area (Å²) in [5.41, 5.74) is 3.26. The fraction of sp³-hybridized carbons (Fsp3) is 0.0435. The average Bonchev–Trinajstić information content (AvgIpc) is 2.75. The molecule has 4 aromatic rings. The lowest BCUT2D eigenvalue weighted by Gasteiger charge is -2.10. The van der Waals surface area contributed by atoms with Gasteiger partial charge in [-0.05, 0) is 22.9 Å². The van der Waals surface area contributed by atoms with Gasteiger partial charge in [0.15, 0.2) is 18.2 Å². The number of carbonyl (C=O) groups is 1. The number of hydrazone groups is 1. The third-order valence-corrected chi connectivity index (χ3v) is 4.89. The van der Waals surface area contributed by atoms with E-state index in [2.05, 4.69) is 10.5 Å². The largest absolute Gasteiger partial charge is 0.481 e. The Morgan fingerprint density at radius 2 is 1.48 bits per heavy atom. The maximum absolute atomic E-state index is 13.5. The summed E-state index contributed by atoms with van der Waals surface area (Å²) in [6.07, 6.45) is 1.59. The molecule has 0 aromatic heterocycles. The van der Waals surface area contributed by atoms with Gasteiger partial charge in [-0.1, -0.05) is 72.3 Å². The number of carbonyl (C=O) groups excluding carboxylic acids is 1. The zero-order valence-electron chi connectivity index (χ0n) is 15.2. The molecule has 0 fully saturated rings. The number of rotatable bonds is 5. The topological polar surface area (TPSA) is 50.7 Å². The Bertz CT molecular complexity index is 1180. The van der Waals surface area contributed by atoms with Crippen LogP contribution >= 0.6 is 11.6 Å². The van der Waals surface area contributed by atoms with Gasteiger partial charge in [-0.3, -0.25) is 4.79 Å². The van der Waals surface area contributed by atoms with Gasteiger partial charge in [0.2, 0.25) is 0 Å². The quantitative estimate of drug-likeness (QED) is 0.277. The molecule has 0 bridgehead atoms. The molecule has 0 saturated carbocycles. The molecule has 0 aliphatic rings. The van der Waals surface area contributed by atoms with Crippen LogP contribution < -0.4 is 10.2 Å². The number of nitrogens with zero attached hydrogens (tertiary/aromatic N) is 1. The summed E-state index contributed by atoms with van der Waals surface area (Å²) in [7, 11) is 0. The number of fused-ring (bicyclic) bond motifs is 2. The summed E-state index contributed by atoms with van der Waals surface area (Å²) in [6, 6.07) is 21.4. The van der Waals surface area contributed by atoms with Crippen LogP contribution in [0.15, 0.2) is 77.9 Å². The SMILES string of the molecule is O=C(COc1ccccc1F)N/N=C\c1c2ccccc2c(Cl)c2ccccc12. The number of hydrogen-bond donors (Lipinski definition) is 1. The van der Waals surface area contributed by atoms with E-state index in [1.807, 2.05) is 48.5 Å². The van der Waals surface area contributed by atoms with Gasteiger partial charge in [-0.2, -0.15) is 5.10 Å². The van der Waals surface area contributed by atoms with E-state index in [4.69, 9.17) is 16.3 Å². The van der Waals surface area contributed by atoms with Gasteiger partial charge in [0.25, 0.3) is 5.91 Å². The van der Waals surface area contributed by atoms with Crippen molar-refractivity contribution < 1.29 is 13.9 Å². The molecule has 0 atom stereocenters. The average molecular weight is 407 g/mol. The minimum atomic E-state index is -0.525. The smallest absolute Gasteiger partial charge is 0.277 e. The fourth-order valence-corrected chi connectivity index (χ4v) is 3.48. The molecule has 144 valence electrons. The molecule has 0 spiro atoms. The standard InChI is InChI=1S/C23H16ClFN2O2/c24-23-17-9-3-1-7-15(17)19(16-8-2-4-10-18(16)23)13-26-27-22(28)14-29-21-12-6-5-11-20(21)25/h1-13H,14H2,(H,27,28)/b26-13-. The Morgan fingerprint density at radius 3 is 2.10 bits per heavy atom. The lowest BCUT2D eigenvalue weighted by molar-refractivity contribution is -0.123. The highest BCUT2D eigenvalue weighted by atomic mass is 35.5.